The molecule has 0 aliphatic carbocycles. The van der Waals surface area contributed by atoms with Gasteiger partial charge < -0.3 is 14.8 Å². The van der Waals surface area contributed by atoms with Crippen LogP contribution in [0.25, 0.3) is 0 Å². The largest absolute Gasteiger partial charge is 0.475 e. The average Bonchev–Trinajstić information content (AvgIpc) is 2.90. The molecule has 0 aromatic carbocycles. The zero-order valence-electron chi connectivity index (χ0n) is 11.3. The van der Waals surface area contributed by atoms with E-state index in [0.717, 1.165) is 43.1 Å². The monoisotopic (exact) mass is 251 g/mol. The summed E-state index contributed by atoms with van der Waals surface area (Å²) in [5.74, 6) is 2.30. The van der Waals surface area contributed by atoms with Gasteiger partial charge in [-0.2, -0.15) is 4.98 Å². The quantitative estimate of drug-likeness (QED) is 0.866. The lowest BCUT2D eigenvalue weighted by atomic mass is 10.2. The van der Waals surface area contributed by atoms with Crippen LogP contribution >= 0.6 is 0 Å². The summed E-state index contributed by atoms with van der Waals surface area (Å²) in [6, 6.07) is 0. The van der Waals surface area contributed by atoms with E-state index in [0.29, 0.717) is 12.5 Å². The van der Waals surface area contributed by atoms with Crippen molar-refractivity contribution in [3.05, 3.63) is 11.4 Å². The first-order chi connectivity index (χ1) is 8.74. The Morgan fingerprint density at radius 3 is 2.89 bits per heavy atom. The fraction of sp³-hybridized carbons (Fsp3) is 0.692. The minimum absolute atomic E-state index is 0.211. The zero-order chi connectivity index (χ0) is 13.0. The van der Waals surface area contributed by atoms with Crippen LogP contribution in [-0.4, -0.2) is 36.3 Å². The van der Waals surface area contributed by atoms with Crippen molar-refractivity contribution in [2.75, 3.05) is 25.6 Å². The predicted molar refractivity (Wildman–Crippen MR) is 70.2 cm³/mol. The molecule has 0 amide bonds. The van der Waals surface area contributed by atoms with Crippen molar-refractivity contribution in [3.8, 4) is 5.88 Å². The lowest BCUT2D eigenvalue weighted by Crippen LogP contribution is -2.18. The zero-order valence-corrected chi connectivity index (χ0v) is 11.3. The van der Waals surface area contributed by atoms with Crippen LogP contribution in [0, 0.1) is 6.92 Å². The molecule has 1 aromatic heterocycles. The standard InChI is InChI=1S/C13H21N3O2/c1-4-11-15-12(14-3)9(2)13(16-11)18-8-10-6-5-7-17-10/h10H,4-8H2,1-3H3,(H,14,15,16). The Hall–Kier alpha value is -1.36. The van der Waals surface area contributed by atoms with Crippen molar-refractivity contribution < 1.29 is 9.47 Å². The highest BCUT2D eigenvalue weighted by atomic mass is 16.5. The second-order valence-electron chi connectivity index (χ2n) is 4.47. The maximum absolute atomic E-state index is 5.79. The fourth-order valence-corrected chi connectivity index (χ4v) is 2.03. The lowest BCUT2D eigenvalue weighted by Gasteiger charge is -2.15. The molecule has 2 heterocycles. The van der Waals surface area contributed by atoms with Crippen molar-refractivity contribution in [3.63, 3.8) is 0 Å². The van der Waals surface area contributed by atoms with Gasteiger partial charge in [-0.1, -0.05) is 6.92 Å². The number of nitrogens with zero attached hydrogens (tertiary/aromatic N) is 2. The Labute approximate surface area is 108 Å². The number of aromatic nitrogens is 2. The molecule has 1 unspecified atom stereocenters. The summed E-state index contributed by atoms with van der Waals surface area (Å²) in [6.45, 7) is 5.42. The number of aryl methyl sites for hydroxylation is 1. The summed E-state index contributed by atoms with van der Waals surface area (Å²) in [6.07, 6.45) is 3.20. The van der Waals surface area contributed by atoms with Crippen molar-refractivity contribution in [1.29, 1.82) is 0 Å². The minimum atomic E-state index is 0.211. The smallest absolute Gasteiger partial charge is 0.221 e. The summed E-state index contributed by atoms with van der Waals surface area (Å²) >= 11 is 0. The number of ether oxygens (including phenoxy) is 2. The second kappa shape index (κ2) is 6.00. The molecule has 0 bridgehead atoms. The number of nitrogens with one attached hydrogen (secondary N) is 1. The molecule has 1 aliphatic rings. The molecule has 1 aliphatic heterocycles. The molecular formula is C13H21N3O2. The summed E-state index contributed by atoms with van der Waals surface area (Å²) in [5.41, 5.74) is 0.952. The number of rotatable bonds is 5. The van der Waals surface area contributed by atoms with Gasteiger partial charge in [0.1, 0.15) is 18.2 Å². The van der Waals surface area contributed by atoms with Gasteiger partial charge in [0.05, 0.1) is 11.7 Å². The van der Waals surface area contributed by atoms with Crippen LogP contribution in [0.5, 0.6) is 5.88 Å². The molecule has 1 atom stereocenters. The van der Waals surface area contributed by atoms with E-state index >= 15 is 0 Å². The van der Waals surface area contributed by atoms with E-state index in [2.05, 4.69) is 15.3 Å². The van der Waals surface area contributed by atoms with E-state index in [9.17, 15) is 0 Å². The van der Waals surface area contributed by atoms with Crippen molar-refractivity contribution >= 4 is 5.82 Å². The first-order valence-electron chi connectivity index (χ1n) is 6.54. The van der Waals surface area contributed by atoms with Gasteiger partial charge in [-0.05, 0) is 19.8 Å². The van der Waals surface area contributed by atoms with Gasteiger partial charge in [0.2, 0.25) is 5.88 Å². The third-order valence-corrected chi connectivity index (χ3v) is 3.13. The van der Waals surface area contributed by atoms with Gasteiger partial charge in [-0.3, -0.25) is 0 Å². The maximum Gasteiger partial charge on any atom is 0.221 e. The Kier molecular flexibility index (Phi) is 4.36. The lowest BCUT2D eigenvalue weighted by molar-refractivity contribution is 0.0659. The molecule has 1 aromatic rings. The third-order valence-electron chi connectivity index (χ3n) is 3.13. The molecule has 0 saturated carbocycles. The Morgan fingerprint density at radius 2 is 2.28 bits per heavy atom. The highest BCUT2D eigenvalue weighted by Gasteiger charge is 2.18. The fourth-order valence-electron chi connectivity index (χ4n) is 2.03. The molecule has 1 saturated heterocycles. The van der Waals surface area contributed by atoms with Crippen LogP contribution < -0.4 is 10.1 Å². The summed E-state index contributed by atoms with van der Waals surface area (Å²) in [4.78, 5) is 8.85. The van der Waals surface area contributed by atoms with Crippen LogP contribution in [0.1, 0.15) is 31.2 Å². The van der Waals surface area contributed by atoms with E-state index in [1.165, 1.54) is 0 Å². The molecule has 0 spiro atoms. The normalized spacial score (nSPS) is 18.9. The topological polar surface area (TPSA) is 56.3 Å². The Morgan fingerprint density at radius 1 is 1.44 bits per heavy atom. The number of hydrogen-bond donors (Lipinski definition) is 1. The van der Waals surface area contributed by atoms with Crippen LogP contribution in [0.2, 0.25) is 0 Å². The molecule has 1 N–H and O–H groups in total. The van der Waals surface area contributed by atoms with Crippen LogP contribution in [0.3, 0.4) is 0 Å². The van der Waals surface area contributed by atoms with E-state index < -0.39 is 0 Å². The van der Waals surface area contributed by atoms with Crippen molar-refractivity contribution in [2.24, 2.45) is 0 Å². The van der Waals surface area contributed by atoms with E-state index in [-0.39, 0.29) is 6.10 Å². The van der Waals surface area contributed by atoms with Gasteiger partial charge in [-0.15, -0.1) is 0 Å². The van der Waals surface area contributed by atoms with E-state index in [1.54, 1.807) is 0 Å². The molecule has 0 radical (unpaired) electrons. The van der Waals surface area contributed by atoms with E-state index in [1.807, 2.05) is 20.9 Å². The van der Waals surface area contributed by atoms with Gasteiger partial charge in [0.25, 0.3) is 0 Å². The highest BCUT2D eigenvalue weighted by Crippen LogP contribution is 2.23. The molecule has 5 heteroatoms. The first kappa shape index (κ1) is 13.1. The Balaban J connectivity index is 2.09. The van der Waals surface area contributed by atoms with Crippen molar-refractivity contribution in [2.45, 2.75) is 39.2 Å². The van der Waals surface area contributed by atoms with Gasteiger partial charge in [-0.25, -0.2) is 4.98 Å². The number of hydrogen-bond acceptors (Lipinski definition) is 5. The highest BCUT2D eigenvalue weighted by molar-refractivity contribution is 5.48. The molecule has 5 nitrogen and oxygen atoms in total. The average molecular weight is 251 g/mol. The van der Waals surface area contributed by atoms with Crippen LogP contribution in [-0.2, 0) is 11.2 Å². The summed E-state index contributed by atoms with van der Waals surface area (Å²) in [7, 11) is 1.86. The SMILES string of the molecule is CCc1nc(NC)c(C)c(OCC2CCCO2)n1. The first-order valence-corrected chi connectivity index (χ1v) is 6.54. The minimum Gasteiger partial charge on any atom is -0.475 e. The molecule has 100 valence electrons. The van der Waals surface area contributed by atoms with Crippen LogP contribution in [0.15, 0.2) is 0 Å². The molecule has 18 heavy (non-hydrogen) atoms. The van der Waals surface area contributed by atoms with Gasteiger partial charge in [0, 0.05) is 20.1 Å². The van der Waals surface area contributed by atoms with Gasteiger partial charge >= 0.3 is 0 Å². The molecule has 1 fully saturated rings. The number of anilines is 1. The summed E-state index contributed by atoms with van der Waals surface area (Å²) < 4.78 is 11.3. The maximum atomic E-state index is 5.79. The van der Waals surface area contributed by atoms with Crippen LogP contribution in [0.4, 0.5) is 5.82 Å². The summed E-state index contributed by atoms with van der Waals surface area (Å²) in [5, 5.41) is 3.08. The predicted octanol–water partition coefficient (Wildman–Crippen LogP) is 1.95. The Bertz CT molecular complexity index is 403. The van der Waals surface area contributed by atoms with Gasteiger partial charge in [0.15, 0.2) is 0 Å². The molecule has 2 rings (SSSR count). The second-order valence-corrected chi connectivity index (χ2v) is 4.47. The molecular weight excluding hydrogens is 230 g/mol. The third kappa shape index (κ3) is 2.90. The van der Waals surface area contributed by atoms with Crippen molar-refractivity contribution in [1.82, 2.24) is 9.97 Å². The van der Waals surface area contributed by atoms with E-state index in [4.69, 9.17) is 9.47 Å².